The molecule has 1 unspecified atom stereocenters. The van der Waals surface area contributed by atoms with Gasteiger partial charge in [0, 0.05) is 24.1 Å². The number of rotatable bonds is 6. The van der Waals surface area contributed by atoms with Crippen LogP contribution in [0.2, 0.25) is 0 Å². The number of nitrogens with two attached hydrogens (primary N) is 1. The highest BCUT2D eigenvalue weighted by Crippen LogP contribution is 2.30. The highest BCUT2D eigenvalue weighted by Gasteiger charge is 2.12. The van der Waals surface area contributed by atoms with Gasteiger partial charge in [-0.15, -0.1) is 12.3 Å². The van der Waals surface area contributed by atoms with Crippen LogP contribution in [-0.4, -0.2) is 14.2 Å². The zero-order valence-electron chi connectivity index (χ0n) is 10.4. The van der Waals surface area contributed by atoms with Crippen molar-refractivity contribution in [2.24, 2.45) is 5.73 Å². The van der Waals surface area contributed by atoms with Crippen molar-refractivity contribution in [2.45, 2.75) is 25.3 Å². The van der Waals surface area contributed by atoms with E-state index >= 15 is 0 Å². The van der Waals surface area contributed by atoms with Crippen molar-refractivity contribution in [1.29, 1.82) is 0 Å². The number of hydrogen-bond acceptors (Lipinski definition) is 3. The van der Waals surface area contributed by atoms with Gasteiger partial charge in [-0.2, -0.15) is 0 Å². The molecule has 0 bridgehead atoms. The summed E-state index contributed by atoms with van der Waals surface area (Å²) < 4.78 is 10.5. The van der Waals surface area contributed by atoms with Crippen molar-refractivity contribution in [3.8, 4) is 23.8 Å². The minimum Gasteiger partial charge on any atom is -0.497 e. The van der Waals surface area contributed by atoms with Gasteiger partial charge in [0.1, 0.15) is 11.5 Å². The topological polar surface area (TPSA) is 44.5 Å². The molecular formula is C14H19NO2. The first-order valence-electron chi connectivity index (χ1n) is 5.64. The van der Waals surface area contributed by atoms with Gasteiger partial charge >= 0.3 is 0 Å². The Balaban J connectivity index is 2.78. The molecule has 0 fully saturated rings. The smallest absolute Gasteiger partial charge is 0.127 e. The van der Waals surface area contributed by atoms with E-state index in [1.807, 2.05) is 18.2 Å². The molecule has 0 saturated carbocycles. The largest absolute Gasteiger partial charge is 0.497 e. The van der Waals surface area contributed by atoms with Crippen molar-refractivity contribution < 1.29 is 9.47 Å². The summed E-state index contributed by atoms with van der Waals surface area (Å²) >= 11 is 0. The molecule has 2 N–H and O–H groups in total. The van der Waals surface area contributed by atoms with Gasteiger partial charge in [0.25, 0.3) is 0 Å². The fraction of sp³-hybridized carbons (Fsp3) is 0.429. The summed E-state index contributed by atoms with van der Waals surface area (Å²) in [7, 11) is 3.26. The zero-order chi connectivity index (χ0) is 12.7. The van der Waals surface area contributed by atoms with Crippen LogP contribution in [0.15, 0.2) is 18.2 Å². The Labute approximate surface area is 103 Å². The molecule has 0 aliphatic heterocycles. The second kappa shape index (κ2) is 6.82. The summed E-state index contributed by atoms with van der Waals surface area (Å²) in [5, 5.41) is 0. The maximum atomic E-state index is 6.11. The number of benzene rings is 1. The fourth-order valence-corrected chi connectivity index (χ4v) is 1.70. The molecule has 0 aliphatic rings. The second-order valence-corrected chi connectivity index (χ2v) is 3.81. The lowest BCUT2D eigenvalue weighted by Crippen LogP contribution is -2.11. The van der Waals surface area contributed by atoms with Gasteiger partial charge in [0.15, 0.2) is 0 Å². The summed E-state index contributed by atoms with van der Waals surface area (Å²) in [4.78, 5) is 0. The van der Waals surface area contributed by atoms with E-state index in [0.29, 0.717) is 0 Å². The predicted molar refractivity (Wildman–Crippen MR) is 69.2 cm³/mol. The van der Waals surface area contributed by atoms with Crippen LogP contribution in [0, 0.1) is 12.3 Å². The van der Waals surface area contributed by atoms with E-state index < -0.39 is 0 Å². The number of unbranched alkanes of at least 4 members (excludes halogenated alkanes) is 1. The molecule has 3 nitrogen and oxygen atoms in total. The first kappa shape index (κ1) is 13.4. The third kappa shape index (κ3) is 3.69. The SMILES string of the molecule is C#CCCCC(N)c1ccc(OC)cc1OC. The van der Waals surface area contributed by atoms with Crippen LogP contribution in [-0.2, 0) is 0 Å². The molecule has 1 aromatic rings. The van der Waals surface area contributed by atoms with Crippen molar-refractivity contribution in [3.63, 3.8) is 0 Å². The van der Waals surface area contributed by atoms with Crippen LogP contribution in [0.1, 0.15) is 30.9 Å². The highest BCUT2D eigenvalue weighted by atomic mass is 16.5. The Kier molecular flexibility index (Phi) is 5.38. The monoisotopic (exact) mass is 233 g/mol. The molecular weight excluding hydrogens is 214 g/mol. The summed E-state index contributed by atoms with van der Waals surface area (Å²) in [5.74, 6) is 4.14. The van der Waals surface area contributed by atoms with Crippen LogP contribution in [0.25, 0.3) is 0 Å². The molecule has 1 atom stereocenters. The van der Waals surface area contributed by atoms with Gasteiger partial charge in [-0.3, -0.25) is 0 Å². The minimum atomic E-state index is -0.0517. The normalized spacial score (nSPS) is 11.6. The Morgan fingerprint density at radius 1 is 1.35 bits per heavy atom. The molecule has 92 valence electrons. The quantitative estimate of drug-likeness (QED) is 0.606. The highest BCUT2D eigenvalue weighted by molar-refractivity contribution is 5.42. The van der Waals surface area contributed by atoms with Crippen molar-refractivity contribution in [1.82, 2.24) is 0 Å². The van der Waals surface area contributed by atoms with Gasteiger partial charge < -0.3 is 15.2 Å². The first-order chi connectivity index (χ1) is 8.22. The van der Waals surface area contributed by atoms with Crippen LogP contribution in [0.4, 0.5) is 0 Å². The lowest BCUT2D eigenvalue weighted by molar-refractivity contribution is 0.387. The molecule has 3 heteroatoms. The average molecular weight is 233 g/mol. The maximum Gasteiger partial charge on any atom is 0.127 e. The maximum absolute atomic E-state index is 6.11. The van der Waals surface area contributed by atoms with E-state index in [4.69, 9.17) is 21.6 Å². The van der Waals surface area contributed by atoms with Crippen LogP contribution in [0.3, 0.4) is 0 Å². The second-order valence-electron chi connectivity index (χ2n) is 3.81. The Morgan fingerprint density at radius 2 is 2.12 bits per heavy atom. The number of methoxy groups -OCH3 is 2. The third-order valence-electron chi connectivity index (χ3n) is 2.68. The van der Waals surface area contributed by atoms with Gasteiger partial charge in [0.05, 0.1) is 14.2 Å². The minimum absolute atomic E-state index is 0.0517. The standard InChI is InChI=1S/C14H19NO2/c1-4-5-6-7-13(15)12-9-8-11(16-2)10-14(12)17-3/h1,8-10,13H,5-7,15H2,2-3H3. The predicted octanol–water partition coefficient (Wildman–Crippen LogP) is 2.51. The lowest BCUT2D eigenvalue weighted by atomic mass is 10.0. The van der Waals surface area contributed by atoms with Crippen LogP contribution in [0.5, 0.6) is 11.5 Å². The molecule has 0 aromatic heterocycles. The van der Waals surface area contributed by atoms with Crippen LogP contribution < -0.4 is 15.2 Å². The van der Waals surface area contributed by atoms with Crippen molar-refractivity contribution >= 4 is 0 Å². The van der Waals surface area contributed by atoms with Gasteiger partial charge in [-0.25, -0.2) is 0 Å². The summed E-state index contributed by atoms with van der Waals surface area (Å²) in [6.07, 6.45) is 7.75. The summed E-state index contributed by atoms with van der Waals surface area (Å²) in [5.41, 5.74) is 7.11. The molecule has 0 radical (unpaired) electrons. The van der Waals surface area contributed by atoms with E-state index in [1.165, 1.54) is 0 Å². The molecule has 1 aromatic carbocycles. The summed E-state index contributed by atoms with van der Waals surface area (Å²) in [6.45, 7) is 0. The van der Waals surface area contributed by atoms with Crippen LogP contribution >= 0.6 is 0 Å². The van der Waals surface area contributed by atoms with Gasteiger partial charge in [0.2, 0.25) is 0 Å². The molecule has 0 aliphatic carbocycles. The Morgan fingerprint density at radius 3 is 2.71 bits per heavy atom. The number of hydrogen-bond donors (Lipinski definition) is 1. The molecule has 1 rings (SSSR count). The molecule has 0 heterocycles. The average Bonchev–Trinajstić information content (AvgIpc) is 2.38. The molecule has 0 spiro atoms. The van der Waals surface area contributed by atoms with Gasteiger partial charge in [-0.05, 0) is 18.9 Å². The summed E-state index contributed by atoms with van der Waals surface area (Å²) in [6, 6.07) is 5.62. The van der Waals surface area contributed by atoms with Crippen molar-refractivity contribution in [3.05, 3.63) is 23.8 Å². The Bertz CT molecular complexity index is 396. The van der Waals surface area contributed by atoms with Crippen molar-refractivity contribution in [2.75, 3.05) is 14.2 Å². The third-order valence-corrected chi connectivity index (χ3v) is 2.68. The van der Waals surface area contributed by atoms with E-state index in [2.05, 4.69) is 5.92 Å². The molecule has 0 amide bonds. The first-order valence-corrected chi connectivity index (χ1v) is 5.64. The lowest BCUT2D eigenvalue weighted by Gasteiger charge is -2.16. The zero-order valence-corrected chi connectivity index (χ0v) is 10.4. The van der Waals surface area contributed by atoms with E-state index in [-0.39, 0.29) is 6.04 Å². The number of ether oxygens (including phenoxy) is 2. The Hall–Kier alpha value is -1.66. The van der Waals surface area contributed by atoms with Gasteiger partial charge in [-0.1, -0.05) is 6.07 Å². The number of terminal acetylenes is 1. The molecule has 17 heavy (non-hydrogen) atoms. The van der Waals surface area contributed by atoms with E-state index in [1.54, 1.807) is 14.2 Å². The fourth-order valence-electron chi connectivity index (χ4n) is 1.70. The molecule has 0 saturated heterocycles. The van der Waals surface area contributed by atoms with E-state index in [0.717, 1.165) is 36.3 Å². The van der Waals surface area contributed by atoms with E-state index in [9.17, 15) is 0 Å².